The third-order valence-corrected chi connectivity index (χ3v) is 4.77. The molecule has 0 spiro atoms. The Hall–Kier alpha value is -1.58. The smallest absolute Gasteiger partial charge is 0.333 e. The standard InChI is InChI=1S/C18H26O4/c1-11(2)17(19)21-15-9-5-8-14-13(15)7-6-10-16(14)22-18(20)12(3)4/h13-16H,1,3,5-10H2,2,4H3/t13?,14?,15-,16-/m1/s1. The molecule has 0 amide bonds. The molecule has 2 aliphatic carbocycles. The molecule has 0 aromatic heterocycles. The first-order valence-corrected chi connectivity index (χ1v) is 8.13. The van der Waals surface area contributed by atoms with Crippen LogP contribution in [-0.4, -0.2) is 24.1 Å². The maximum absolute atomic E-state index is 11.8. The van der Waals surface area contributed by atoms with Crippen molar-refractivity contribution in [2.45, 2.75) is 64.6 Å². The van der Waals surface area contributed by atoms with Crippen LogP contribution in [0.15, 0.2) is 24.3 Å². The van der Waals surface area contributed by atoms with Crippen LogP contribution >= 0.6 is 0 Å². The molecule has 122 valence electrons. The van der Waals surface area contributed by atoms with Gasteiger partial charge in [0, 0.05) is 23.0 Å². The monoisotopic (exact) mass is 306 g/mol. The third kappa shape index (κ3) is 3.79. The number of hydrogen-bond donors (Lipinski definition) is 0. The summed E-state index contributed by atoms with van der Waals surface area (Å²) in [4.78, 5) is 23.6. The average molecular weight is 306 g/mol. The van der Waals surface area contributed by atoms with Crippen molar-refractivity contribution in [3.05, 3.63) is 24.3 Å². The van der Waals surface area contributed by atoms with Gasteiger partial charge in [-0.05, 0) is 52.4 Å². The van der Waals surface area contributed by atoms with E-state index in [-0.39, 0.29) is 36.0 Å². The van der Waals surface area contributed by atoms with Crippen LogP contribution in [0.25, 0.3) is 0 Å². The van der Waals surface area contributed by atoms with E-state index in [4.69, 9.17) is 9.47 Å². The minimum Gasteiger partial charge on any atom is -0.459 e. The number of hydrogen-bond acceptors (Lipinski definition) is 4. The highest BCUT2D eigenvalue weighted by atomic mass is 16.6. The van der Waals surface area contributed by atoms with Gasteiger partial charge in [0.2, 0.25) is 0 Å². The molecular weight excluding hydrogens is 280 g/mol. The summed E-state index contributed by atoms with van der Waals surface area (Å²) in [5, 5.41) is 0. The predicted octanol–water partition coefficient (Wildman–Crippen LogP) is 3.56. The molecule has 2 unspecified atom stereocenters. The van der Waals surface area contributed by atoms with Crippen molar-refractivity contribution in [3.63, 3.8) is 0 Å². The highest BCUT2D eigenvalue weighted by Crippen LogP contribution is 2.43. The highest BCUT2D eigenvalue weighted by Gasteiger charge is 2.43. The Morgan fingerprint density at radius 1 is 0.773 bits per heavy atom. The summed E-state index contributed by atoms with van der Waals surface area (Å²) in [6.45, 7) is 10.6. The van der Waals surface area contributed by atoms with Gasteiger partial charge >= 0.3 is 11.9 Å². The maximum atomic E-state index is 11.8. The van der Waals surface area contributed by atoms with E-state index in [9.17, 15) is 9.59 Å². The molecule has 2 rings (SSSR count). The molecule has 0 saturated heterocycles. The summed E-state index contributed by atoms with van der Waals surface area (Å²) >= 11 is 0. The second kappa shape index (κ2) is 7.12. The topological polar surface area (TPSA) is 52.6 Å². The van der Waals surface area contributed by atoms with Crippen LogP contribution < -0.4 is 0 Å². The van der Waals surface area contributed by atoms with Crippen LogP contribution in [0.4, 0.5) is 0 Å². The fourth-order valence-corrected chi connectivity index (χ4v) is 3.66. The van der Waals surface area contributed by atoms with Gasteiger partial charge in [-0.15, -0.1) is 0 Å². The normalized spacial score (nSPS) is 30.8. The molecule has 2 fully saturated rings. The number of esters is 2. The summed E-state index contributed by atoms with van der Waals surface area (Å²) in [7, 11) is 0. The lowest BCUT2D eigenvalue weighted by molar-refractivity contribution is -0.164. The van der Waals surface area contributed by atoms with Crippen LogP contribution in [0.1, 0.15) is 52.4 Å². The van der Waals surface area contributed by atoms with E-state index in [0.717, 1.165) is 38.5 Å². The lowest BCUT2D eigenvalue weighted by Gasteiger charge is -2.44. The van der Waals surface area contributed by atoms with Crippen LogP contribution in [-0.2, 0) is 19.1 Å². The van der Waals surface area contributed by atoms with E-state index in [2.05, 4.69) is 13.2 Å². The fraction of sp³-hybridized carbons (Fsp3) is 0.667. The zero-order valence-electron chi connectivity index (χ0n) is 13.6. The van der Waals surface area contributed by atoms with Gasteiger partial charge in [-0.1, -0.05) is 13.2 Å². The Balaban J connectivity index is 2.05. The lowest BCUT2D eigenvalue weighted by Crippen LogP contribution is -2.45. The molecule has 0 bridgehead atoms. The second-order valence-corrected chi connectivity index (χ2v) is 6.64. The molecule has 4 heteroatoms. The quantitative estimate of drug-likeness (QED) is 0.588. The molecule has 0 N–H and O–H groups in total. The van der Waals surface area contributed by atoms with Crippen LogP contribution in [0.3, 0.4) is 0 Å². The summed E-state index contributed by atoms with van der Waals surface area (Å²) in [6, 6.07) is 0. The Morgan fingerprint density at radius 2 is 1.14 bits per heavy atom. The van der Waals surface area contributed by atoms with Crippen molar-refractivity contribution in [3.8, 4) is 0 Å². The van der Waals surface area contributed by atoms with Gasteiger partial charge in [-0.25, -0.2) is 9.59 Å². The van der Waals surface area contributed by atoms with E-state index >= 15 is 0 Å². The van der Waals surface area contributed by atoms with Gasteiger partial charge in [0.25, 0.3) is 0 Å². The fourth-order valence-electron chi connectivity index (χ4n) is 3.66. The molecule has 0 aromatic carbocycles. The first-order chi connectivity index (χ1) is 10.4. The molecule has 2 aliphatic rings. The van der Waals surface area contributed by atoms with Gasteiger partial charge in [0.15, 0.2) is 0 Å². The Morgan fingerprint density at radius 3 is 1.45 bits per heavy atom. The van der Waals surface area contributed by atoms with Crippen molar-refractivity contribution in [2.75, 3.05) is 0 Å². The molecule has 0 heterocycles. The van der Waals surface area contributed by atoms with Gasteiger partial charge in [-0.3, -0.25) is 0 Å². The Bertz CT molecular complexity index is 435. The van der Waals surface area contributed by atoms with Crippen molar-refractivity contribution < 1.29 is 19.1 Å². The Kier molecular flexibility index (Phi) is 5.43. The average Bonchev–Trinajstić information content (AvgIpc) is 2.47. The summed E-state index contributed by atoms with van der Waals surface area (Å²) in [6.07, 6.45) is 5.68. The third-order valence-electron chi connectivity index (χ3n) is 4.77. The number of carbonyl (C=O) groups excluding carboxylic acids is 2. The van der Waals surface area contributed by atoms with Crippen molar-refractivity contribution in [1.82, 2.24) is 0 Å². The molecule has 0 radical (unpaired) electrons. The van der Waals surface area contributed by atoms with Gasteiger partial charge in [0.1, 0.15) is 12.2 Å². The minimum absolute atomic E-state index is 0.0747. The molecule has 2 saturated carbocycles. The van der Waals surface area contributed by atoms with E-state index in [0.29, 0.717) is 11.1 Å². The SMILES string of the molecule is C=C(C)C(=O)O[C@@H]1CCCC2C1CCC[C@H]2OC(=O)C(=C)C. The highest BCUT2D eigenvalue weighted by molar-refractivity contribution is 5.87. The lowest BCUT2D eigenvalue weighted by atomic mass is 9.68. The number of ether oxygens (including phenoxy) is 2. The molecule has 0 aliphatic heterocycles. The largest absolute Gasteiger partial charge is 0.459 e. The molecule has 0 aromatic rings. The van der Waals surface area contributed by atoms with Crippen molar-refractivity contribution in [1.29, 1.82) is 0 Å². The van der Waals surface area contributed by atoms with E-state index in [1.807, 2.05) is 0 Å². The summed E-state index contributed by atoms with van der Waals surface area (Å²) < 4.78 is 11.3. The van der Waals surface area contributed by atoms with E-state index in [1.54, 1.807) is 13.8 Å². The minimum atomic E-state index is -0.313. The number of rotatable bonds is 4. The molecule has 22 heavy (non-hydrogen) atoms. The number of carbonyl (C=O) groups is 2. The zero-order valence-corrected chi connectivity index (χ0v) is 13.6. The van der Waals surface area contributed by atoms with E-state index < -0.39 is 0 Å². The molecule has 4 nitrogen and oxygen atoms in total. The van der Waals surface area contributed by atoms with Crippen molar-refractivity contribution >= 4 is 11.9 Å². The molecular formula is C18H26O4. The van der Waals surface area contributed by atoms with Gasteiger partial charge < -0.3 is 9.47 Å². The first kappa shape index (κ1) is 16.8. The second-order valence-electron chi connectivity index (χ2n) is 6.64. The van der Waals surface area contributed by atoms with Crippen LogP contribution in [0.2, 0.25) is 0 Å². The first-order valence-electron chi connectivity index (χ1n) is 8.13. The van der Waals surface area contributed by atoms with E-state index in [1.165, 1.54) is 0 Å². The summed E-state index contributed by atoms with van der Waals surface area (Å²) in [5.74, 6) is -0.0548. The summed E-state index contributed by atoms with van der Waals surface area (Å²) in [5.41, 5.74) is 0.867. The zero-order chi connectivity index (χ0) is 16.3. The van der Waals surface area contributed by atoms with Crippen molar-refractivity contribution in [2.24, 2.45) is 11.8 Å². The maximum Gasteiger partial charge on any atom is 0.333 e. The molecule has 4 atom stereocenters. The van der Waals surface area contributed by atoms with Crippen LogP contribution in [0, 0.1) is 11.8 Å². The predicted molar refractivity (Wildman–Crippen MR) is 84.1 cm³/mol. The Labute approximate surface area is 132 Å². The number of fused-ring (bicyclic) bond motifs is 1. The van der Waals surface area contributed by atoms with Gasteiger partial charge in [0.05, 0.1) is 0 Å². The van der Waals surface area contributed by atoms with Gasteiger partial charge in [-0.2, -0.15) is 0 Å². The van der Waals surface area contributed by atoms with Crippen LogP contribution in [0.5, 0.6) is 0 Å².